The summed E-state index contributed by atoms with van der Waals surface area (Å²) in [6.07, 6.45) is 4.20. The fraction of sp³-hybridized carbons (Fsp3) is 0.133. The number of thiazole rings is 1. The van der Waals surface area contributed by atoms with E-state index in [0.717, 1.165) is 38.8 Å². The van der Waals surface area contributed by atoms with E-state index in [2.05, 4.69) is 40.4 Å². The van der Waals surface area contributed by atoms with Crippen molar-refractivity contribution in [1.29, 1.82) is 0 Å². The molecule has 6 nitrogen and oxygen atoms in total. The van der Waals surface area contributed by atoms with E-state index in [9.17, 15) is 4.79 Å². The van der Waals surface area contributed by atoms with Gasteiger partial charge >= 0.3 is 0 Å². The summed E-state index contributed by atoms with van der Waals surface area (Å²) in [5.74, 6) is 0.560. The van der Waals surface area contributed by atoms with Gasteiger partial charge < -0.3 is 10.1 Å². The predicted octanol–water partition coefficient (Wildman–Crippen LogP) is 6.13. The summed E-state index contributed by atoms with van der Waals surface area (Å²) < 4.78 is 6.00. The third kappa shape index (κ3) is 6.26. The topological polar surface area (TPSA) is 77.0 Å². The second-order valence-corrected chi connectivity index (χ2v) is 9.67. The Bertz CT molecular complexity index is 1470. The molecule has 0 radical (unpaired) electrons. The molecule has 2 aromatic carbocycles. The molecular weight excluding hydrogens is 480 g/mol. The van der Waals surface area contributed by atoms with Gasteiger partial charge in [-0.2, -0.15) is 0 Å². The van der Waals surface area contributed by atoms with Gasteiger partial charge in [-0.3, -0.25) is 14.8 Å². The highest BCUT2D eigenvalue weighted by molar-refractivity contribution is 7.15. The van der Waals surface area contributed by atoms with Gasteiger partial charge in [0.15, 0.2) is 0 Å². The maximum Gasteiger partial charge on any atom is 0.270 e. The lowest BCUT2D eigenvalue weighted by Crippen LogP contribution is -2.23. The van der Waals surface area contributed by atoms with E-state index in [0.29, 0.717) is 25.3 Å². The highest BCUT2D eigenvalue weighted by Gasteiger charge is 2.11. The van der Waals surface area contributed by atoms with Crippen LogP contribution in [0.25, 0.3) is 21.8 Å². The minimum atomic E-state index is -0.202. The molecule has 0 unspecified atom stereocenters. The van der Waals surface area contributed by atoms with Crippen LogP contribution in [0.15, 0.2) is 97.3 Å². The van der Waals surface area contributed by atoms with Gasteiger partial charge in [0.2, 0.25) is 0 Å². The number of nitrogens with zero attached hydrogens (tertiary/aromatic N) is 3. The normalized spacial score (nSPS) is 10.7. The number of amides is 1. The number of ether oxygens (including phenoxy) is 1. The molecule has 0 atom stereocenters. The summed E-state index contributed by atoms with van der Waals surface area (Å²) in [6, 6.07) is 27.3. The largest absolute Gasteiger partial charge is 0.493 e. The Hall–Kier alpha value is -4.36. The summed E-state index contributed by atoms with van der Waals surface area (Å²) in [6.45, 7) is 3.00. The third-order valence-corrected chi connectivity index (χ3v) is 6.89. The molecule has 37 heavy (non-hydrogen) atoms. The van der Waals surface area contributed by atoms with Crippen molar-refractivity contribution in [1.82, 2.24) is 20.3 Å². The number of hydrogen-bond acceptors (Lipinski definition) is 6. The maximum atomic E-state index is 12.2. The number of aromatic nitrogens is 3. The van der Waals surface area contributed by atoms with Gasteiger partial charge in [0.25, 0.3) is 5.91 Å². The van der Waals surface area contributed by atoms with Crippen LogP contribution in [0, 0.1) is 6.92 Å². The number of benzene rings is 2. The molecule has 184 valence electrons. The highest BCUT2D eigenvalue weighted by atomic mass is 32.1. The number of carbonyl (C=O) groups excluding carboxylic acids is 1. The Morgan fingerprint density at radius 1 is 0.919 bits per heavy atom. The first-order valence-electron chi connectivity index (χ1n) is 12.0. The van der Waals surface area contributed by atoms with Crippen molar-refractivity contribution < 1.29 is 9.53 Å². The van der Waals surface area contributed by atoms with Crippen LogP contribution >= 0.6 is 11.3 Å². The number of nitrogens with one attached hydrogen (secondary N) is 1. The van der Waals surface area contributed by atoms with E-state index in [1.165, 1.54) is 4.88 Å². The van der Waals surface area contributed by atoms with E-state index in [1.807, 2.05) is 54.7 Å². The van der Waals surface area contributed by atoms with Crippen LogP contribution in [0.1, 0.15) is 26.6 Å². The maximum absolute atomic E-state index is 12.2. The van der Waals surface area contributed by atoms with Crippen LogP contribution in [0.5, 0.6) is 5.75 Å². The molecular formula is C30H26N4O2S. The van der Waals surface area contributed by atoms with Crippen LogP contribution < -0.4 is 10.1 Å². The first-order valence-corrected chi connectivity index (χ1v) is 12.9. The molecule has 0 aliphatic carbocycles. The molecule has 5 aromatic rings. The molecule has 5 rings (SSSR count). The molecule has 0 saturated heterocycles. The van der Waals surface area contributed by atoms with Crippen molar-refractivity contribution in [3.63, 3.8) is 0 Å². The van der Waals surface area contributed by atoms with E-state index in [1.54, 1.807) is 35.7 Å². The second-order valence-electron chi connectivity index (χ2n) is 8.46. The monoisotopic (exact) mass is 506 g/mol. The minimum Gasteiger partial charge on any atom is -0.493 e. The number of carbonyl (C=O) groups is 1. The van der Waals surface area contributed by atoms with Crippen molar-refractivity contribution in [3.8, 4) is 27.6 Å². The zero-order valence-corrected chi connectivity index (χ0v) is 21.2. The van der Waals surface area contributed by atoms with Crippen LogP contribution in [0.3, 0.4) is 0 Å². The van der Waals surface area contributed by atoms with Crippen molar-refractivity contribution in [3.05, 3.63) is 119 Å². The van der Waals surface area contributed by atoms with Gasteiger partial charge in [-0.15, -0.1) is 11.3 Å². The summed E-state index contributed by atoms with van der Waals surface area (Å²) in [5.41, 5.74) is 5.45. The van der Waals surface area contributed by atoms with Crippen molar-refractivity contribution in [2.45, 2.75) is 19.9 Å². The average Bonchev–Trinajstić information content (AvgIpc) is 3.33. The van der Waals surface area contributed by atoms with Gasteiger partial charge in [0, 0.05) is 41.4 Å². The highest BCUT2D eigenvalue weighted by Crippen LogP contribution is 2.29. The first kappa shape index (κ1) is 24.3. The molecule has 1 N–H and O–H groups in total. The van der Waals surface area contributed by atoms with Crippen LogP contribution in [-0.4, -0.2) is 27.5 Å². The zero-order chi connectivity index (χ0) is 25.5. The fourth-order valence-electron chi connectivity index (χ4n) is 3.86. The molecule has 7 heteroatoms. The van der Waals surface area contributed by atoms with Crippen molar-refractivity contribution in [2.75, 3.05) is 6.61 Å². The molecule has 0 spiro atoms. The SMILES string of the molecule is Cc1sc(-c2ccc(-c3ccccc3)nc2)nc1CCOc1cccc(CNC(=O)c2ccccn2)c1. The molecule has 0 aliphatic rings. The quantitative estimate of drug-likeness (QED) is 0.260. The molecule has 0 fully saturated rings. The Labute approximate surface area is 220 Å². The fourth-order valence-corrected chi connectivity index (χ4v) is 4.81. The first-order chi connectivity index (χ1) is 18.2. The molecule has 1 amide bonds. The number of rotatable bonds is 9. The second kappa shape index (κ2) is 11.6. The van der Waals surface area contributed by atoms with Gasteiger partial charge in [0.05, 0.1) is 18.0 Å². The van der Waals surface area contributed by atoms with E-state index < -0.39 is 0 Å². The lowest BCUT2D eigenvalue weighted by molar-refractivity contribution is 0.0946. The number of pyridine rings is 2. The zero-order valence-electron chi connectivity index (χ0n) is 20.4. The molecule has 0 bridgehead atoms. The van der Waals surface area contributed by atoms with Gasteiger partial charge in [-0.05, 0) is 48.9 Å². The lowest BCUT2D eigenvalue weighted by Gasteiger charge is -2.09. The van der Waals surface area contributed by atoms with Gasteiger partial charge in [-0.25, -0.2) is 4.98 Å². The minimum absolute atomic E-state index is 0.202. The molecule has 0 aliphatic heterocycles. The molecule has 0 saturated carbocycles. The Morgan fingerprint density at radius 2 is 1.78 bits per heavy atom. The smallest absolute Gasteiger partial charge is 0.270 e. The number of hydrogen-bond donors (Lipinski definition) is 1. The van der Waals surface area contributed by atoms with Crippen LogP contribution in [0.2, 0.25) is 0 Å². The van der Waals surface area contributed by atoms with E-state index in [4.69, 9.17) is 9.72 Å². The Kier molecular flexibility index (Phi) is 7.62. The van der Waals surface area contributed by atoms with Crippen LogP contribution in [0.4, 0.5) is 0 Å². The molecule has 3 aromatic heterocycles. The third-order valence-electron chi connectivity index (χ3n) is 5.83. The average molecular weight is 507 g/mol. The van der Waals surface area contributed by atoms with E-state index in [-0.39, 0.29) is 5.91 Å². The van der Waals surface area contributed by atoms with Gasteiger partial charge in [0.1, 0.15) is 16.5 Å². The van der Waals surface area contributed by atoms with Crippen molar-refractivity contribution in [2.24, 2.45) is 0 Å². The van der Waals surface area contributed by atoms with Crippen molar-refractivity contribution >= 4 is 17.2 Å². The Morgan fingerprint density at radius 3 is 2.57 bits per heavy atom. The standard InChI is InChI=1S/C30H26N4O2S/c1-21-26(34-30(37-21)24-13-14-27(32-20-24)23-9-3-2-4-10-23)15-17-36-25-11-7-8-22(18-25)19-33-29(35)28-12-5-6-16-31-28/h2-14,16,18,20H,15,17,19H2,1H3,(H,33,35). The van der Waals surface area contributed by atoms with E-state index >= 15 is 0 Å². The van der Waals surface area contributed by atoms with Gasteiger partial charge in [-0.1, -0.05) is 48.5 Å². The lowest BCUT2D eigenvalue weighted by atomic mass is 10.1. The van der Waals surface area contributed by atoms with Crippen LogP contribution in [-0.2, 0) is 13.0 Å². The molecule has 3 heterocycles. The summed E-state index contributed by atoms with van der Waals surface area (Å²) in [7, 11) is 0. The summed E-state index contributed by atoms with van der Waals surface area (Å²) >= 11 is 1.67. The Balaban J connectivity index is 1.16. The summed E-state index contributed by atoms with van der Waals surface area (Å²) in [4.78, 5) is 27.0. The summed E-state index contributed by atoms with van der Waals surface area (Å²) in [5, 5.41) is 3.86. The number of aryl methyl sites for hydroxylation is 1. The predicted molar refractivity (Wildman–Crippen MR) is 147 cm³/mol.